The van der Waals surface area contributed by atoms with Gasteiger partial charge in [0.1, 0.15) is 12.1 Å². The minimum Gasteiger partial charge on any atom is -0.378 e. The van der Waals surface area contributed by atoms with Crippen molar-refractivity contribution < 1.29 is 19.1 Å². The molecular formula is C19H23ClN4O4. The number of hydrogen-bond donors (Lipinski definition) is 2. The molecule has 3 aliphatic rings. The minimum atomic E-state index is -0.896. The maximum atomic E-state index is 12.7. The Bertz CT molecular complexity index is 822. The van der Waals surface area contributed by atoms with Crippen LogP contribution in [0.15, 0.2) is 18.2 Å². The number of amides is 4. The van der Waals surface area contributed by atoms with Crippen molar-refractivity contribution in [2.24, 2.45) is 5.92 Å². The van der Waals surface area contributed by atoms with Gasteiger partial charge in [0.25, 0.3) is 5.91 Å². The Morgan fingerprint density at radius 3 is 2.71 bits per heavy atom. The van der Waals surface area contributed by atoms with E-state index in [4.69, 9.17) is 16.3 Å². The standard InChI is InChI=1S/C19H23ClN4O4/c1-19(12-2-3-12)17(26)24(18(27)22-19)11-16(25)21-14-10-13(20)4-5-15(14)23-6-8-28-9-7-23/h4-5,10,12H,2-3,6-9,11H2,1H3,(H,21,25)(H,22,27)/t19-/m1/s1. The highest BCUT2D eigenvalue weighted by molar-refractivity contribution is 6.31. The maximum Gasteiger partial charge on any atom is 0.325 e. The average Bonchev–Trinajstić information content (AvgIpc) is 3.49. The third kappa shape index (κ3) is 3.54. The van der Waals surface area contributed by atoms with Crippen molar-refractivity contribution in [3.8, 4) is 0 Å². The Hall–Kier alpha value is -2.32. The molecule has 0 aromatic heterocycles. The van der Waals surface area contributed by atoms with Crippen LogP contribution in [0, 0.1) is 5.92 Å². The molecule has 1 aromatic carbocycles. The van der Waals surface area contributed by atoms with Gasteiger partial charge < -0.3 is 20.3 Å². The molecule has 2 saturated heterocycles. The van der Waals surface area contributed by atoms with Crippen molar-refractivity contribution in [3.63, 3.8) is 0 Å². The van der Waals surface area contributed by atoms with Gasteiger partial charge in [-0.15, -0.1) is 0 Å². The van der Waals surface area contributed by atoms with Crippen LogP contribution in [0.5, 0.6) is 0 Å². The first-order chi connectivity index (χ1) is 13.4. The number of urea groups is 1. The summed E-state index contributed by atoms with van der Waals surface area (Å²) in [6.45, 7) is 4.03. The van der Waals surface area contributed by atoms with E-state index in [-0.39, 0.29) is 18.4 Å². The van der Waals surface area contributed by atoms with Crippen LogP contribution < -0.4 is 15.5 Å². The van der Waals surface area contributed by atoms with E-state index >= 15 is 0 Å². The highest BCUT2D eigenvalue weighted by Crippen LogP contribution is 2.42. The van der Waals surface area contributed by atoms with E-state index in [0.717, 1.165) is 23.4 Å². The Balaban J connectivity index is 1.47. The number of halogens is 1. The largest absolute Gasteiger partial charge is 0.378 e. The first-order valence-corrected chi connectivity index (χ1v) is 9.82. The third-order valence-corrected chi connectivity index (χ3v) is 5.82. The van der Waals surface area contributed by atoms with Crippen LogP contribution in [0.25, 0.3) is 0 Å². The molecule has 1 saturated carbocycles. The third-order valence-electron chi connectivity index (χ3n) is 5.58. The van der Waals surface area contributed by atoms with Gasteiger partial charge in [0.15, 0.2) is 0 Å². The van der Waals surface area contributed by atoms with E-state index in [1.54, 1.807) is 19.1 Å². The molecule has 1 aromatic rings. The zero-order chi connectivity index (χ0) is 19.9. The monoisotopic (exact) mass is 406 g/mol. The SMILES string of the molecule is C[C@]1(C2CC2)NC(=O)N(CC(=O)Nc2cc(Cl)ccc2N2CCOCC2)C1=O. The fourth-order valence-electron chi connectivity index (χ4n) is 3.82. The van der Waals surface area contributed by atoms with Crippen molar-refractivity contribution in [1.82, 2.24) is 10.2 Å². The fourth-order valence-corrected chi connectivity index (χ4v) is 3.99. The van der Waals surface area contributed by atoms with Crippen LogP contribution in [-0.2, 0) is 14.3 Å². The molecule has 4 amide bonds. The Morgan fingerprint density at radius 1 is 1.32 bits per heavy atom. The number of carbonyl (C=O) groups excluding carboxylic acids is 3. The quantitative estimate of drug-likeness (QED) is 0.728. The molecule has 0 bridgehead atoms. The lowest BCUT2D eigenvalue weighted by atomic mass is 9.96. The molecule has 1 aliphatic carbocycles. The van der Waals surface area contributed by atoms with Crippen LogP contribution in [0.3, 0.4) is 0 Å². The smallest absolute Gasteiger partial charge is 0.325 e. The van der Waals surface area contributed by atoms with Crippen LogP contribution in [-0.4, -0.2) is 61.1 Å². The first-order valence-electron chi connectivity index (χ1n) is 9.44. The topological polar surface area (TPSA) is 91.0 Å². The number of anilines is 2. The number of ether oxygens (including phenoxy) is 1. The summed E-state index contributed by atoms with van der Waals surface area (Å²) in [4.78, 5) is 40.7. The molecule has 9 heteroatoms. The molecule has 150 valence electrons. The number of morpholine rings is 1. The highest BCUT2D eigenvalue weighted by atomic mass is 35.5. The first kappa shape index (κ1) is 19.0. The van der Waals surface area contributed by atoms with Crippen molar-refractivity contribution in [2.75, 3.05) is 43.1 Å². The zero-order valence-electron chi connectivity index (χ0n) is 15.7. The molecule has 8 nitrogen and oxygen atoms in total. The minimum absolute atomic E-state index is 0.151. The fraction of sp³-hybridized carbons (Fsp3) is 0.526. The predicted molar refractivity (Wildman–Crippen MR) is 104 cm³/mol. The number of imide groups is 1. The molecule has 0 radical (unpaired) electrons. The lowest BCUT2D eigenvalue weighted by Crippen LogP contribution is -2.46. The molecule has 2 heterocycles. The van der Waals surface area contributed by atoms with Gasteiger partial charge in [-0.3, -0.25) is 14.5 Å². The molecular weight excluding hydrogens is 384 g/mol. The van der Waals surface area contributed by atoms with Crippen LogP contribution in [0.1, 0.15) is 19.8 Å². The van der Waals surface area contributed by atoms with Crippen LogP contribution >= 0.6 is 11.6 Å². The second-order valence-corrected chi connectivity index (χ2v) is 8.04. The van der Waals surface area contributed by atoms with E-state index in [0.29, 0.717) is 37.0 Å². The Kier molecular flexibility index (Phi) is 4.93. The molecule has 2 N–H and O–H groups in total. The maximum absolute atomic E-state index is 12.7. The number of rotatable bonds is 5. The molecule has 0 unspecified atom stereocenters. The zero-order valence-corrected chi connectivity index (χ0v) is 16.4. The van der Waals surface area contributed by atoms with E-state index in [1.165, 1.54) is 0 Å². The van der Waals surface area contributed by atoms with Gasteiger partial charge in [0, 0.05) is 18.1 Å². The number of nitrogens with one attached hydrogen (secondary N) is 2. The van der Waals surface area contributed by atoms with Crippen molar-refractivity contribution in [3.05, 3.63) is 23.2 Å². The van der Waals surface area contributed by atoms with Crippen LogP contribution in [0.4, 0.5) is 16.2 Å². The normalized spacial score (nSPS) is 25.1. The number of nitrogens with zero attached hydrogens (tertiary/aromatic N) is 2. The summed E-state index contributed by atoms with van der Waals surface area (Å²) in [5.74, 6) is -0.632. The molecule has 3 fully saturated rings. The van der Waals surface area contributed by atoms with Crippen LogP contribution in [0.2, 0.25) is 5.02 Å². The van der Waals surface area contributed by atoms with E-state index in [9.17, 15) is 14.4 Å². The van der Waals surface area contributed by atoms with E-state index in [2.05, 4.69) is 15.5 Å². The number of carbonyl (C=O) groups is 3. The van der Waals surface area contributed by atoms with Gasteiger partial charge in [0.05, 0.1) is 24.6 Å². The second kappa shape index (κ2) is 7.25. The Labute approximate surface area is 168 Å². The van der Waals surface area contributed by atoms with Gasteiger partial charge in [-0.25, -0.2) is 4.79 Å². The number of benzene rings is 1. The lowest BCUT2D eigenvalue weighted by molar-refractivity contribution is -0.134. The van der Waals surface area contributed by atoms with Gasteiger partial charge in [0.2, 0.25) is 5.91 Å². The summed E-state index contributed by atoms with van der Waals surface area (Å²) in [5, 5.41) is 6.05. The molecule has 2 aliphatic heterocycles. The summed E-state index contributed by atoms with van der Waals surface area (Å²) in [6, 6.07) is 4.76. The summed E-state index contributed by atoms with van der Waals surface area (Å²) >= 11 is 6.11. The van der Waals surface area contributed by atoms with Crippen molar-refractivity contribution >= 4 is 40.8 Å². The summed E-state index contributed by atoms with van der Waals surface area (Å²) in [6.07, 6.45) is 1.82. The average molecular weight is 407 g/mol. The predicted octanol–water partition coefficient (Wildman–Crippen LogP) is 1.84. The van der Waals surface area contributed by atoms with Crippen molar-refractivity contribution in [1.29, 1.82) is 0 Å². The summed E-state index contributed by atoms with van der Waals surface area (Å²) < 4.78 is 5.38. The Morgan fingerprint density at radius 2 is 2.04 bits per heavy atom. The van der Waals surface area contributed by atoms with E-state index < -0.39 is 17.5 Å². The van der Waals surface area contributed by atoms with Gasteiger partial charge >= 0.3 is 6.03 Å². The van der Waals surface area contributed by atoms with Gasteiger partial charge in [-0.2, -0.15) is 0 Å². The van der Waals surface area contributed by atoms with E-state index in [1.807, 2.05) is 6.07 Å². The summed E-state index contributed by atoms with van der Waals surface area (Å²) in [5.41, 5.74) is 0.490. The molecule has 28 heavy (non-hydrogen) atoms. The highest BCUT2D eigenvalue weighted by Gasteiger charge is 2.56. The lowest BCUT2D eigenvalue weighted by Gasteiger charge is -2.30. The number of hydrogen-bond acceptors (Lipinski definition) is 5. The molecule has 0 spiro atoms. The molecule has 1 atom stereocenters. The van der Waals surface area contributed by atoms with Crippen molar-refractivity contribution in [2.45, 2.75) is 25.3 Å². The second-order valence-electron chi connectivity index (χ2n) is 7.61. The van der Waals surface area contributed by atoms with Gasteiger partial charge in [-0.1, -0.05) is 11.6 Å². The van der Waals surface area contributed by atoms with Gasteiger partial charge in [-0.05, 0) is 43.9 Å². The summed E-state index contributed by atoms with van der Waals surface area (Å²) in [7, 11) is 0. The molecule has 4 rings (SSSR count).